The lowest BCUT2D eigenvalue weighted by molar-refractivity contribution is -0.142. The fraction of sp³-hybridized carbons (Fsp3) is 0.462. The highest BCUT2D eigenvalue weighted by atomic mass is 19.4. The van der Waals surface area contributed by atoms with Gasteiger partial charge in [-0.25, -0.2) is 23.4 Å². The summed E-state index contributed by atoms with van der Waals surface area (Å²) in [5, 5.41) is 18.2. The van der Waals surface area contributed by atoms with Gasteiger partial charge in [-0.1, -0.05) is 13.8 Å². The molecule has 0 fully saturated rings. The van der Waals surface area contributed by atoms with Crippen molar-refractivity contribution < 1.29 is 41.8 Å². The first kappa shape index (κ1) is 18.8. The molecule has 0 saturated carbocycles. The van der Waals surface area contributed by atoms with Gasteiger partial charge in [-0.3, -0.25) is 0 Å². The molecule has 0 aliphatic carbocycles. The van der Waals surface area contributed by atoms with Gasteiger partial charge in [0, 0.05) is 0 Å². The summed E-state index contributed by atoms with van der Waals surface area (Å²) >= 11 is 0. The molecule has 10 heteroatoms. The van der Waals surface area contributed by atoms with Gasteiger partial charge in [0.2, 0.25) is 0 Å². The van der Waals surface area contributed by atoms with Gasteiger partial charge in [0.25, 0.3) is 6.43 Å². The zero-order valence-corrected chi connectivity index (χ0v) is 11.9. The zero-order valence-electron chi connectivity index (χ0n) is 11.9. The molecule has 1 unspecified atom stereocenters. The number of hydrogen-bond donors (Lipinski definition) is 2. The van der Waals surface area contributed by atoms with Crippen molar-refractivity contribution >= 4 is 11.9 Å². The van der Waals surface area contributed by atoms with Crippen molar-refractivity contribution in [2.24, 2.45) is 0 Å². The molecule has 1 atom stereocenters. The largest absolute Gasteiger partial charge is 0.478 e. The van der Waals surface area contributed by atoms with E-state index in [4.69, 9.17) is 10.2 Å². The predicted molar refractivity (Wildman–Crippen MR) is 66.8 cm³/mol. The standard InChI is InChI=1S/C13H12F5NO4/c1-3-4(2)5-6(11(20)21)8(10(14)15)19-9(13(16,17)18)7(5)12(22)23/h4,10H,3H2,1-2H3,(H,20,21)(H,22,23). The first-order chi connectivity index (χ1) is 10.4. The number of aromatic carboxylic acids is 2. The SMILES string of the molecule is CCC(C)c1c(C(=O)O)c(C(F)F)nc(C(F)(F)F)c1C(=O)O. The summed E-state index contributed by atoms with van der Waals surface area (Å²) in [6, 6.07) is 0. The van der Waals surface area contributed by atoms with Crippen LogP contribution >= 0.6 is 0 Å². The summed E-state index contributed by atoms with van der Waals surface area (Å²) in [5.74, 6) is -5.04. The molecule has 5 nitrogen and oxygen atoms in total. The molecular weight excluding hydrogens is 329 g/mol. The number of halogens is 5. The van der Waals surface area contributed by atoms with E-state index >= 15 is 0 Å². The van der Waals surface area contributed by atoms with Crippen LogP contribution in [0, 0.1) is 0 Å². The molecule has 0 saturated heterocycles. The van der Waals surface area contributed by atoms with Crippen LogP contribution in [0.1, 0.15) is 70.3 Å². The fourth-order valence-electron chi connectivity index (χ4n) is 2.12. The summed E-state index contributed by atoms with van der Waals surface area (Å²) < 4.78 is 65.0. The van der Waals surface area contributed by atoms with Crippen molar-refractivity contribution in [1.82, 2.24) is 4.98 Å². The third-order valence-electron chi connectivity index (χ3n) is 3.27. The minimum atomic E-state index is -5.32. The fourth-order valence-corrected chi connectivity index (χ4v) is 2.12. The highest BCUT2D eigenvalue weighted by Gasteiger charge is 2.43. The number of carboxylic acids is 2. The number of alkyl halides is 5. The van der Waals surface area contributed by atoms with E-state index in [-0.39, 0.29) is 6.42 Å². The van der Waals surface area contributed by atoms with Crippen molar-refractivity contribution in [2.75, 3.05) is 0 Å². The normalized spacial score (nSPS) is 13.2. The quantitative estimate of drug-likeness (QED) is 0.792. The van der Waals surface area contributed by atoms with Crippen molar-refractivity contribution in [3.8, 4) is 0 Å². The predicted octanol–water partition coefficient (Wildman–Crippen LogP) is 3.95. The molecule has 23 heavy (non-hydrogen) atoms. The number of carboxylic acid groups (broad SMARTS) is 2. The monoisotopic (exact) mass is 341 g/mol. The van der Waals surface area contributed by atoms with Gasteiger partial charge in [-0.05, 0) is 17.9 Å². The molecule has 0 aromatic carbocycles. The molecule has 0 amide bonds. The Balaban J connectivity index is 4.09. The molecular formula is C13H12F5NO4. The molecule has 0 aliphatic rings. The molecule has 1 aromatic rings. The summed E-state index contributed by atoms with van der Waals surface area (Å²) in [4.78, 5) is 25.1. The van der Waals surface area contributed by atoms with Crippen LogP contribution in [0.4, 0.5) is 22.0 Å². The van der Waals surface area contributed by atoms with E-state index in [1.807, 2.05) is 0 Å². The van der Waals surface area contributed by atoms with E-state index < -0.39 is 58.5 Å². The molecule has 128 valence electrons. The number of hydrogen-bond acceptors (Lipinski definition) is 3. The lowest BCUT2D eigenvalue weighted by Crippen LogP contribution is -2.24. The van der Waals surface area contributed by atoms with Gasteiger partial charge in [0.05, 0.1) is 11.1 Å². The van der Waals surface area contributed by atoms with Gasteiger partial charge in [0.1, 0.15) is 5.69 Å². The van der Waals surface area contributed by atoms with E-state index in [1.165, 1.54) is 13.8 Å². The minimum Gasteiger partial charge on any atom is -0.478 e. The minimum absolute atomic E-state index is 0.0462. The van der Waals surface area contributed by atoms with Crippen LogP contribution in [0.15, 0.2) is 0 Å². The van der Waals surface area contributed by atoms with Crippen LogP contribution in [0.5, 0.6) is 0 Å². The maximum absolute atomic E-state index is 13.0. The number of aromatic nitrogens is 1. The van der Waals surface area contributed by atoms with Crippen LogP contribution in [0.2, 0.25) is 0 Å². The number of pyridine rings is 1. The number of rotatable bonds is 5. The first-order valence-corrected chi connectivity index (χ1v) is 6.33. The van der Waals surface area contributed by atoms with E-state index in [0.717, 1.165) is 0 Å². The average molecular weight is 341 g/mol. The van der Waals surface area contributed by atoms with Crippen LogP contribution in [0.25, 0.3) is 0 Å². The molecule has 1 heterocycles. The maximum Gasteiger partial charge on any atom is 0.434 e. The molecule has 1 rings (SSSR count). The third kappa shape index (κ3) is 3.57. The van der Waals surface area contributed by atoms with Gasteiger partial charge in [0.15, 0.2) is 5.69 Å². The Morgan fingerprint density at radius 3 is 1.91 bits per heavy atom. The van der Waals surface area contributed by atoms with Crippen molar-refractivity contribution in [3.63, 3.8) is 0 Å². The van der Waals surface area contributed by atoms with E-state index in [2.05, 4.69) is 4.98 Å². The van der Waals surface area contributed by atoms with Crippen molar-refractivity contribution in [3.05, 3.63) is 28.1 Å². The lowest BCUT2D eigenvalue weighted by Gasteiger charge is -2.21. The van der Waals surface area contributed by atoms with Crippen LogP contribution in [-0.4, -0.2) is 27.1 Å². The Bertz CT molecular complexity index is 642. The number of carbonyl (C=O) groups is 2. The Kier molecular flexibility index (Phi) is 5.28. The topological polar surface area (TPSA) is 87.5 Å². The third-order valence-corrected chi connectivity index (χ3v) is 3.27. The highest BCUT2D eigenvalue weighted by Crippen LogP contribution is 2.39. The first-order valence-electron chi connectivity index (χ1n) is 6.33. The second-order valence-corrected chi connectivity index (χ2v) is 4.73. The van der Waals surface area contributed by atoms with Gasteiger partial charge in [-0.2, -0.15) is 13.2 Å². The molecule has 0 aliphatic heterocycles. The van der Waals surface area contributed by atoms with Crippen molar-refractivity contribution in [2.45, 2.75) is 38.8 Å². The summed E-state index contributed by atoms with van der Waals surface area (Å²) in [6.45, 7) is 2.71. The molecule has 2 N–H and O–H groups in total. The Morgan fingerprint density at radius 2 is 1.61 bits per heavy atom. The lowest BCUT2D eigenvalue weighted by atomic mass is 9.87. The van der Waals surface area contributed by atoms with E-state index in [1.54, 1.807) is 0 Å². The molecule has 1 aromatic heterocycles. The Labute approximate surface area is 126 Å². The number of nitrogens with zero attached hydrogens (tertiary/aromatic N) is 1. The Morgan fingerprint density at radius 1 is 1.13 bits per heavy atom. The molecule has 0 bridgehead atoms. The summed E-state index contributed by atoms with van der Waals surface area (Å²) in [5.41, 5.74) is -7.02. The van der Waals surface area contributed by atoms with Crippen LogP contribution < -0.4 is 0 Å². The second-order valence-electron chi connectivity index (χ2n) is 4.73. The highest BCUT2D eigenvalue weighted by molar-refractivity contribution is 5.98. The van der Waals surface area contributed by atoms with Gasteiger partial charge >= 0.3 is 18.1 Å². The second kappa shape index (κ2) is 6.47. The van der Waals surface area contributed by atoms with E-state index in [9.17, 15) is 31.5 Å². The molecule has 0 radical (unpaired) electrons. The van der Waals surface area contributed by atoms with Crippen molar-refractivity contribution in [1.29, 1.82) is 0 Å². The van der Waals surface area contributed by atoms with Gasteiger partial charge < -0.3 is 10.2 Å². The van der Waals surface area contributed by atoms with Gasteiger partial charge in [-0.15, -0.1) is 0 Å². The zero-order chi connectivity index (χ0) is 18.1. The summed E-state index contributed by atoms with van der Waals surface area (Å²) in [6.07, 6.45) is -8.88. The molecule has 0 spiro atoms. The summed E-state index contributed by atoms with van der Waals surface area (Å²) in [7, 11) is 0. The van der Waals surface area contributed by atoms with Crippen LogP contribution in [-0.2, 0) is 6.18 Å². The average Bonchev–Trinajstić information content (AvgIpc) is 2.42. The van der Waals surface area contributed by atoms with E-state index in [0.29, 0.717) is 0 Å². The maximum atomic E-state index is 13.0. The van der Waals surface area contributed by atoms with Crippen LogP contribution in [0.3, 0.4) is 0 Å². The smallest absolute Gasteiger partial charge is 0.434 e. The Hall–Kier alpha value is -2.26.